The van der Waals surface area contributed by atoms with Gasteiger partial charge in [0.15, 0.2) is 17.5 Å². The minimum absolute atomic E-state index is 0.606. The van der Waals surface area contributed by atoms with E-state index in [-0.39, 0.29) is 0 Å². The molecule has 0 spiro atoms. The van der Waals surface area contributed by atoms with Gasteiger partial charge in [0.1, 0.15) is 11.2 Å². The summed E-state index contributed by atoms with van der Waals surface area (Å²) >= 11 is 0. The number of aromatic nitrogens is 4. The van der Waals surface area contributed by atoms with Gasteiger partial charge in [-0.3, -0.25) is 0 Å². The first kappa shape index (κ1) is 33.9. The van der Waals surface area contributed by atoms with Crippen LogP contribution in [0, 0.1) is 0 Å². The fourth-order valence-electron chi connectivity index (χ4n) is 8.81. The van der Waals surface area contributed by atoms with Gasteiger partial charge in [0.2, 0.25) is 0 Å². The molecular formula is C55H34N4O. The van der Waals surface area contributed by atoms with Gasteiger partial charge in [-0.25, -0.2) is 15.0 Å². The predicted molar refractivity (Wildman–Crippen MR) is 246 cm³/mol. The van der Waals surface area contributed by atoms with Crippen molar-refractivity contribution in [2.75, 3.05) is 0 Å². The summed E-state index contributed by atoms with van der Waals surface area (Å²) in [5.41, 5.74) is 12.3. The van der Waals surface area contributed by atoms with Gasteiger partial charge in [0.25, 0.3) is 0 Å². The molecule has 280 valence electrons. The lowest BCUT2D eigenvalue weighted by molar-refractivity contribution is 0.669. The van der Waals surface area contributed by atoms with Gasteiger partial charge in [-0.1, -0.05) is 158 Å². The summed E-state index contributed by atoms with van der Waals surface area (Å²) in [6.07, 6.45) is 0. The minimum atomic E-state index is 0.606. The van der Waals surface area contributed by atoms with Crippen LogP contribution in [0.4, 0.5) is 0 Å². The molecule has 0 bridgehead atoms. The molecule has 12 rings (SSSR count). The third kappa shape index (κ3) is 5.59. The topological polar surface area (TPSA) is 56.7 Å². The van der Waals surface area contributed by atoms with Crippen LogP contribution in [-0.2, 0) is 0 Å². The first-order valence-corrected chi connectivity index (χ1v) is 20.2. The second kappa shape index (κ2) is 13.8. The largest absolute Gasteiger partial charge is 0.456 e. The SMILES string of the molecule is c1ccc(-c2nc(-c3ccc4c5ccccc5n(-c5ccccc5-c5ccccc5)c4c3)nc(-c3cc(-c4ccc5oc6ccccc6c5c4)cc4ccccc34)n2)cc1. The number of hydrogen-bond acceptors (Lipinski definition) is 4. The highest BCUT2D eigenvalue weighted by atomic mass is 16.3. The summed E-state index contributed by atoms with van der Waals surface area (Å²) in [5.74, 6) is 1.84. The quantitative estimate of drug-likeness (QED) is 0.169. The van der Waals surface area contributed by atoms with Gasteiger partial charge < -0.3 is 8.98 Å². The zero-order valence-corrected chi connectivity index (χ0v) is 32.3. The molecule has 5 heteroatoms. The molecule has 5 nitrogen and oxygen atoms in total. The first-order chi connectivity index (χ1) is 29.7. The van der Waals surface area contributed by atoms with Crippen LogP contribution in [0.1, 0.15) is 0 Å². The number of rotatable bonds is 6. The molecule has 0 fully saturated rings. The van der Waals surface area contributed by atoms with Crippen molar-refractivity contribution in [1.29, 1.82) is 0 Å². The van der Waals surface area contributed by atoms with Crippen LogP contribution in [0.3, 0.4) is 0 Å². The van der Waals surface area contributed by atoms with Crippen molar-refractivity contribution < 1.29 is 4.42 Å². The summed E-state index contributed by atoms with van der Waals surface area (Å²) in [7, 11) is 0. The third-order valence-corrected chi connectivity index (χ3v) is 11.6. The fourth-order valence-corrected chi connectivity index (χ4v) is 8.81. The van der Waals surface area contributed by atoms with E-state index in [1.807, 2.05) is 30.3 Å². The Balaban J connectivity index is 1.08. The highest BCUT2D eigenvalue weighted by Gasteiger charge is 2.20. The third-order valence-electron chi connectivity index (χ3n) is 11.6. The second-order valence-corrected chi connectivity index (χ2v) is 15.2. The van der Waals surface area contributed by atoms with Crippen molar-refractivity contribution in [2.45, 2.75) is 0 Å². The Morgan fingerprint density at radius 2 is 0.933 bits per heavy atom. The maximum Gasteiger partial charge on any atom is 0.164 e. The van der Waals surface area contributed by atoms with Crippen LogP contribution >= 0.6 is 0 Å². The molecule has 60 heavy (non-hydrogen) atoms. The maximum atomic E-state index is 6.19. The molecule has 9 aromatic carbocycles. The zero-order chi connectivity index (χ0) is 39.6. The molecule has 0 aliphatic heterocycles. The molecule has 0 saturated heterocycles. The maximum absolute atomic E-state index is 6.19. The lowest BCUT2D eigenvalue weighted by atomic mass is 9.95. The number of para-hydroxylation sites is 3. The molecule has 0 unspecified atom stereocenters. The van der Waals surface area contributed by atoms with Crippen molar-refractivity contribution in [1.82, 2.24) is 19.5 Å². The molecule has 0 amide bonds. The van der Waals surface area contributed by atoms with E-state index in [0.29, 0.717) is 17.5 Å². The zero-order valence-electron chi connectivity index (χ0n) is 32.3. The number of fused-ring (bicyclic) bond motifs is 7. The Labute approximate surface area is 345 Å². The Morgan fingerprint density at radius 3 is 1.78 bits per heavy atom. The van der Waals surface area contributed by atoms with E-state index < -0.39 is 0 Å². The standard InChI is InChI=1S/C55H34N4O/c1-3-15-35(16-4-1)42-21-9-12-24-48(42)59-49-25-13-10-22-43(49)44-29-27-39(34-50(44)59)54-56-53(36-17-5-2-6-18-36)57-55(58-54)47-33-40(31-38-19-7-8-20-41(38)47)37-28-30-52-46(32-37)45-23-11-14-26-51(45)60-52/h1-34H. The van der Waals surface area contributed by atoms with Crippen molar-refractivity contribution in [3.05, 3.63) is 206 Å². The van der Waals surface area contributed by atoms with Crippen LogP contribution < -0.4 is 0 Å². The number of nitrogens with zero attached hydrogens (tertiary/aromatic N) is 4. The van der Waals surface area contributed by atoms with Gasteiger partial charge in [-0.15, -0.1) is 0 Å². The Morgan fingerprint density at radius 1 is 0.317 bits per heavy atom. The molecule has 0 N–H and O–H groups in total. The molecule has 0 saturated carbocycles. The average Bonchev–Trinajstić information content (AvgIpc) is 3.86. The van der Waals surface area contributed by atoms with Crippen molar-refractivity contribution in [3.8, 4) is 62.1 Å². The van der Waals surface area contributed by atoms with Gasteiger partial charge in [-0.05, 0) is 76.0 Å². The van der Waals surface area contributed by atoms with Gasteiger partial charge in [0.05, 0.1) is 16.7 Å². The van der Waals surface area contributed by atoms with Crippen LogP contribution in [0.5, 0.6) is 0 Å². The molecule has 0 radical (unpaired) electrons. The minimum Gasteiger partial charge on any atom is -0.456 e. The molecular weight excluding hydrogens is 733 g/mol. The van der Waals surface area contributed by atoms with Crippen LogP contribution in [0.2, 0.25) is 0 Å². The Kier molecular flexibility index (Phi) is 7.78. The van der Waals surface area contributed by atoms with Crippen LogP contribution in [0.25, 0.3) is 117 Å². The van der Waals surface area contributed by atoms with E-state index in [0.717, 1.165) is 93.8 Å². The molecule has 0 aliphatic rings. The summed E-state index contributed by atoms with van der Waals surface area (Å²) in [6, 6.07) is 72.3. The van der Waals surface area contributed by atoms with Crippen LogP contribution in [-0.4, -0.2) is 19.5 Å². The summed E-state index contributed by atoms with van der Waals surface area (Å²) < 4.78 is 8.57. The van der Waals surface area contributed by atoms with Crippen molar-refractivity contribution in [3.63, 3.8) is 0 Å². The Bertz CT molecular complexity index is 3610. The monoisotopic (exact) mass is 766 g/mol. The molecule has 0 aliphatic carbocycles. The van der Waals surface area contributed by atoms with Crippen molar-refractivity contribution >= 4 is 54.5 Å². The van der Waals surface area contributed by atoms with Crippen molar-refractivity contribution in [2.24, 2.45) is 0 Å². The van der Waals surface area contributed by atoms with E-state index >= 15 is 0 Å². The van der Waals surface area contributed by atoms with E-state index in [9.17, 15) is 0 Å². The van der Waals surface area contributed by atoms with Gasteiger partial charge in [-0.2, -0.15) is 0 Å². The van der Waals surface area contributed by atoms with Crippen LogP contribution in [0.15, 0.2) is 211 Å². The molecule has 0 atom stereocenters. The summed E-state index contributed by atoms with van der Waals surface area (Å²) in [6.45, 7) is 0. The van der Waals surface area contributed by atoms with Gasteiger partial charge in [0, 0.05) is 43.8 Å². The van der Waals surface area contributed by atoms with E-state index in [1.165, 1.54) is 5.39 Å². The summed E-state index contributed by atoms with van der Waals surface area (Å²) in [5, 5.41) is 6.72. The van der Waals surface area contributed by atoms with Gasteiger partial charge >= 0.3 is 0 Å². The normalized spacial score (nSPS) is 11.7. The highest BCUT2D eigenvalue weighted by Crippen LogP contribution is 2.40. The first-order valence-electron chi connectivity index (χ1n) is 20.2. The fraction of sp³-hybridized carbons (Fsp3) is 0. The molecule has 3 heterocycles. The summed E-state index contributed by atoms with van der Waals surface area (Å²) in [4.78, 5) is 15.8. The van der Waals surface area contributed by atoms with E-state index in [2.05, 4.69) is 180 Å². The lowest BCUT2D eigenvalue weighted by Crippen LogP contribution is -2.01. The molecule has 12 aromatic rings. The average molecular weight is 767 g/mol. The van der Waals surface area contributed by atoms with E-state index in [1.54, 1.807) is 0 Å². The van der Waals surface area contributed by atoms with E-state index in [4.69, 9.17) is 19.4 Å². The molecule has 3 aromatic heterocycles. The predicted octanol–water partition coefficient (Wildman–Crippen LogP) is 14.4. The number of benzene rings is 9. The highest BCUT2D eigenvalue weighted by molar-refractivity contribution is 6.11. The second-order valence-electron chi connectivity index (χ2n) is 15.2. The smallest absolute Gasteiger partial charge is 0.164 e. The number of hydrogen-bond donors (Lipinski definition) is 0. The lowest BCUT2D eigenvalue weighted by Gasteiger charge is -2.15. The number of furan rings is 1. The Hall–Kier alpha value is -8.15.